The van der Waals surface area contributed by atoms with Gasteiger partial charge in [-0.15, -0.1) is 0 Å². The number of rotatable bonds is 9. The molecule has 5 heteroatoms. The van der Waals surface area contributed by atoms with Gasteiger partial charge in [0.15, 0.2) is 11.5 Å². The molecule has 0 spiro atoms. The number of carbonyl (C=O) groups excluding carboxylic acids is 1. The summed E-state index contributed by atoms with van der Waals surface area (Å²) in [6, 6.07) is 15.1. The van der Waals surface area contributed by atoms with Crippen LogP contribution in [-0.2, 0) is 11.2 Å². The number of aryl methyl sites for hydroxylation is 1. The molecule has 5 nitrogen and oxygen atoms in total. The Morgan fingerprint density at radius 3 is 2.58 bits per heavy atom. The predicted octanol–water partition coefficient (Wildman–Crippen LogP) is 5.71. The third-order valence-corrected chi connectivity index (χ3v) is 6.73. The van der Waals surface area contributed by atoms with Gasteiger partial charge in [-0.1, -0.05) is 62.4 Å². The highest BCUT2D eigenvalue weighted by atomic mass is 16.3. The van der Waals surface area contributed by atoms with E-state index in [9.17, 15) is 9.90 Å². The molecule has 1 heterocycles. The first-order valence-corrected chi connectivity index (χ1v) is 11.5. The van der Waals surface area contributed by atoms with E-state index in [4.69, 9.17) is 15.1 Å². The van der Waals surface area contributed by atoms with Gasteiger partial charge >= 0.3 is 0 Å². The molecule has 4 rings (SSSR count). The molecule has 0 aliphatic heterocycles. The van der Waals surface area contributed by atoms with E-state index in [1.54, 1.807) is 6.07 Å². The SMILES string of the molecule is NC(=O)C(CC1CCCCC1)CC(CCc1ccccc1O)c1nc2ccccc2o1. The summed E-state index contributed by atoms with van der Waals surface area (Å²) in [4.78, 5) is 17.1. The number of para-hydroxylation sites is 3. The lowest BCUT2D eigenvalue weighted by Gasteiger charge is -2.27. The van der Waals surface area contributed by atoms with E-state index in [1.165, 1.54) is 32.1 Å². The standard InChI is InChI=1S/C26H32N2O3/c27-25(30)21(16-18-8-2-1-3-9-18)17-20(15-14-19-10-4-6-12-23(19)29)26-28-22-11-5-7-13-24(22)31-26/h4-7,10-13,18,20-21,29H,1-3,8-9,14-17H2,(H2,27,30). The summed E-state index contributed by atoms with van der Waals surface area (Å²) in [5.74, 6) is 1.09. The molecule has 31 heavy (non-hydrogen) atoms. The molecule has 2 aromatic carbocycles. The van der Waals surface area contributed by atoms with Crippen molar-refractivity contribution in [3.8, 4) is 5.75 Å². The van der Waals surface area contributed by atoms with Crippen molar-refractivity contribution in [2.24, 2.45) is 17.6 Å². The van der Waals surface area contributed by atoms with E-state index in [0.29, 0.717) is 30.4 Å². The lowest BCUT2D eigenvalue weighted by Crippen LogP contribution is -2.28. The Labute approximate surface area is 183 Å². The fourth-order valence-electron chi connectivity index (χ4n) is 4.96. The molecule has 3 N–H and O–H groups in total. The van der Waals surface area contributed by atoms with Gasteiger partial charge in [0.2, 0.25) is 5.91 Å². The summed E-state index contributed by atoms with van der Waals surface area (Å²) in [6.07, 6.45) is 9.07. The van der Waals surface area contributed by atoms with Crippen molar-refractivity contribution in [3.63, 3.8) is 0 Å². The lowest BCUT2D eigenvalue weighted by atomic mass is 9.79. The van der Waals surface area contributed by atoms with Crippen LogP contribution in [0.5, 0.6) is 5.75 Å². The van der Waals surface area contributed by atoms with Gasteiger partial charge in [-0.25, -0.2) is 4.98 Å². The van der Waals surface area contributed by atoms with Crippen molar-refractivity contribution < 1.29 is 14.3 Å². The van der Waals surface area contributed by atoms with E-state index >= 15 is 0 Å². The highest BCUT2D eigenvalue weighted by molar-refractivity contribution is 5.76. The number of amides is 1. The van der Waals surface area contributed by atoms with Gasteiger partial charge in [-0.05, 0) is 55.4 Å². The van der Waals surface area contributed by atoms with Crippen molar-refractivity contribution in [1.82, 2.24) is 4.98 Å². The summed E-state index contributed by atoms with van der Waals surface area (Å²) in [5.41, 5.74) is 8.34. The number of nitrogens with zero attached hydrogens (tertiary/aromatic N) is 1. The molecule has 0 bridgehead atoms. The molecule has 1 fully saturated rings. The molecular weight excluding hydrogens is 388 g/mol. The number of oxazole rings is 1. The summed E-state index contributed by atoms with van der Waals surface area (Å²) >= 11 is 0. The first-order valence-electron chi connectivity index (χ1n) is 11.5. The van der Waals surface area contributed by atoms with Gasteiger partial charge < -0.3 is 15.3 Å². The second-order valence-corrected chi connectivity index (χ2v) is 8.96. The predicted molar refractivity (Wildman–Crippen MR) is 122 cm³/mol. The Morgan fingerprint density at radius 1 is 1.10 bits per heavy atom. The summed E-state index contributed by atoms with van der Waals surface area (Å²) in [7, 11) is 0. The van der Waals surface area contributed by atoms with Crippen LogP contribution in [0.15, 0.2) is 52.9 Å². The van der Waals surface area contributed by atoms with Gasteiger partial charge in [-0.3, -0.25) is 4.79 Å². The molecule has 3 aromatic rings. The van der Waals surface area contributed by atoms with Crippen LogP contribution in [0.2, 0.25) is 0 Å². The maximum Gasteiger partial charge on any atom is 0.220 e. The Hall–Kier alpha value is -2.82. The largest absolute Gasteiger partial charge is 0.508 e. The van der Waals surface area contributed by atoms with Gasteiger partial charge in [0.25, 0.3) is 0 Å². The summed E-state index contributed by atoms with van der Waals surface area (Å²) < 4.78 is 6.09. The topological polar surface area (TPSA) is 89.4 Å². The zero-order valence-corrected chi connectivity index (χ0v) is 18.0. The van der Waals surface area contributed by atoms with Crippen molar-refractivity contribution in [1.29, 1.82) is 0 Å². The van der Waals surface area contributed by atoms with E-state index in [1.807, 2.05) is 42.5 Å². The highest BCUT2D eigenvalue weighted by Crippen LogP contribution is 2.36. The molecule has 0 radical (unpaired) electrons. The first-order chi connectivity index (χ1) is 15.1. The molecule has 1 aliphatic rings. The maximum atomic E-state index is 12.4. The van der Waals surface area contributed by atoms with E-state index in [2.05, 4.69) is 0 Å². The third-order valence-electron chi connectivity index (χ3n) is 6.73. The average Bonchev–Trinajstić information content (AvgIpc) is 3.21. The molecular formula is C26H32N2O3. The minimum Gasteiger partial charge on any atom is -0.508 e. The molecule has 1 amide bonds. The Morgan fingerprint density at radius 2 is 1.84 bits per heavy atom. The molecule has 1 saturated carbocycles. The fraction of sp³-hybridized carbons (Fsp3) is 0.462. The number of hydrogen-bond donors (Lipinski definition) is 2. The van der Waals surface area contributed by atoms with E-state index in [-0.39, 0.29) is 17.7 Å². The Balaban J connectivity index is 1.55. The number of fused-ring (bicyclic) bond motifs is 1. The number of aromatic nitrogens is 1. The Bertz CT molecular complexity index is 974. The zero-order chi connectivity index (χ0) is 21.6. The highest BCUT2D eigenvalue weighted by Gasteiger charge is 2.29. The van der Waals surface area contributed by atoms with Crippen LogP contribution in [0.25, 0.3) is 11.1 Å². The second-order valence-electron chi connectivity index (χ2n) is 8.96. The average molecular weight is 421 g/mol. The molecule has 164 valence electrons. The minimum atomic E-state index is -0.228. The van der Waals surface area contributed by atoms with E-state index < -0.39 is 0 Å². The van der Waals surface area contributed by atoms with Crippen molar-refractivity contribution in [2.75, 3.05) is 0 Å². The van der Waals surface area contributed by atoms with Gasteiger partial charge in [0.05, 0.1) is 0 Å². The third kappa shape index (κ3) is 5.46. The van der Waals surface area contributed by atoms with Crippen LogP contribution in [-0.4, -0.2) is 16.0 Å². The van der Waals surface area contributed by atoms with Crippen molar-refractivity contribution in [3.05, 3.63) is 60.0 Å². The smallest absolute Gasteiger partial charge is 0.220 e. The number of primary amides is 1. The summed E-state index contributed by atoms with van der Waals surface area (Å²) in [5, 5.41) is 10.2. The molecule has 1 aliphatic carbocycles. The Kier molecular flexibility index (Phi) is 6.90. The van der Waals surface area contributed by atoms with Gasteiger partial charge in [0, 0.05) is 11.8 Å². The van der Waals surface area contributed by atoms with Crippen LogP contribution in [0, 0.1) is 11.8 Å². The number of nitrogens with two attached hydrogens (primary N) is 1. The number of carbonyl (C=O) groups is 1. The van der Waals surface area contributed by atoms with Gasteiger partial charge in [-0.2, -0.15) is 0 Å². The normalized spacial score (nSPS) is 16.9. The number of hydrogen-bond acceptors (Lipinski definition) is 4. The molecule has 2 unspecified atom stereocenters. The lowest BCUT2D eigenvalue weighted by molar-refractivity contribution is -0.122. The van der Waals surface area contributed by atoms with E-state index in [0.717, 1.165) is 29.5 Å². The van der Waals surface area contributed by atoms with Crippen molar-refractivity contribution >= 4 is 17.0 Å². The van der Waals surface area contributed by atoms with Crippen molar-refractivity contribution in [2.45, 2.75) is 63.7 Å². The fourth-order valence-corrected chi connectivity index (χ4v) is 4.96. The zero-order valence-electron chi connectivity index (χ0n) is 18.0. The molecule has 0 saturated heterocycles. The monoisotopic (exact) mass is 420 g/mol. The van der Waals surface area contributed by atoms with Crippen LogP contribution in [0.4, 0.5) is 0 Å². The van der Waals surface area contributed by atoms with Crippen LogP contribution in [0.1, 0.15) is 68.7 Å². The minimum absolute atomic E-state index is 0.0342. The quantitative estimate of drug-likeness (QED) is 0.464. The second kappa shape index (κ2) is 9.99. The van der Waals surface area contributed by atoms with Crippen LogP contribution in [0.3, 0.4) is 0 Å². The maximum absolute atomic E-state index is 12.4. The number of aromatic hydroxyl groups is 1. The number of phenolic OH excluding ortho intramolecular Hbond substituents is 1. The summed E-state index contributed by atoms with van der Waals surface area (Å²) in [6.45, 7) is 0. The number of benzene rings is 2. The first kappa shape index (κ1) is 21.4. The van der Waals surface area contributed by atoms with Crippen LogP contribution >= 0.6 is 0 Å². The van der Waals surface area contributed by atoms with Gasteiger partial charge in [0.1, 0.15) is 11.3 Å². The molecule has 2 atom stereocenters. The molecule has 1 aromatic heterocycles. The number of phenols is 1. The van der Waals surface area contributed by atoms with Crippen LogP contribution < -0.4 is 5.73 Å².